The fourth-order valence-electron chi connectivity index (χ4n) is 2.21. The molecule has 1 heterocycles. The van der Waals surface area contributed by atoms with E-state index < -0.39 is 5.82 Å². The molecule has 2 aromatic carbocycles. The van der Waals surface area contributed by atoms with Crippen molar-refractivity contribution in [2.24, 2.45) is 0 Å². The van der Waals surface area contributed by atoms with Crippen molar-refractivity contribution in [3.05, 3.63) is 76.3 Å². The van der Waals surface area contributed by atoms with Crippen molar-refractivity contribution in [2.45, 2.75) is 5.16 Å². The molecular weight excluding hydrogens is 335 g/mol. The van der Waals surface area contributed by atoms with E-state index in [1.54, 1.807) is 42.5 Å². The van der Waals surface area contributed by atoms with Crippen LogP contribution in [-0.4, -0.2) is 15.3 Å². The predicted molar refractivity (Wildman–Crippen MR) is 93.0 cm³/mol. The lowest BCUT2D eigenvalue weighted by molar-refractivity contribution is 0.608. The van der Waals surface area contributed by atoms with E-state index in [0.717, 1.165) is 0 Å². The van der Waals surface area contributed by atoms with Crippen LogP contribution < -0.4 is 5.56 Å². The Hall–Kier alpha value is -2.11. The Morgan fingerprint density at radius 3 is 2.70 bits per heavy atom. The van der Waals surface area contributed by atoms with Crippen molar-refractivity contribution in [3.63, 3.8) is 0 Å². The summed E-state index contributed by atoms with van der Waals surface area (Å²) < 4.78 is 15.5. The van der Waals surface area contributed by atoms with Crippen LogP contribution in [-0.2, 0) is 0 Å². The first kappa shape index (κ1) is 15.8. The van der Waals surface area contributed by atoms with Crippen LogP contribution in [0.2, 0.25) is 0 Å². The third kappa shape index (κ3) is 3.16. The fourth-order valence-corrected chi connectivity index (χ4v) is 3.22. The van der Waals surface area contributed by atoms with Gasteiger partial charge in [-0.05, 0) is 24.3 Å². The summed E-state index contributed by atoms with van der Waals surface area (Å²) in [7, 11) is 0. The van der Waals surface area contributed by atoms with E-state index in [1.807, 2.05) is 6.07 Å². The summed E-state index contributed by atoms with van der Waals surface area (Å²) in [5.74, 6) is 0.0596. The van der Waals surface area contributed by atoms with Gasteiger partial charge in [-0.25, -0.2) is 9.37 Å². The van der Waals surface area contributed by atoms with Gasteiger partial charge in [-0.3, -0.25) is 9.36 Å². The first-order valence-electron chi connectivity index (χ1n) is 6.87. The number of rotatable bonds is 4. The average molecular weight is 347 g/mol. The number of hydrogen-bond acceptors (Lipinski definition) is 3. The zero-order chi connectivity index (χ0) is 16.2. The zero-order valence-electron chi connectivity index (χ0n) is 11.9. The average Bonchev–Trinajstić information content (AvgIpc) is 2.57. The molecule has 116 valence electrons. The predicted octanol–water partition coefficient (Wildman–Crippen LogP) is 4.37. The van der Waals surface area contributed by atoms with Crippen molar-refractivity contribution in [3.8, 4) is 5.69 Å². The molecule has 6 heteroatoms. The molecule has 0 aliphatic heterocycles. The van der Waals surface area contributed by atoms with Crippen molar-refractivity contribution in [1.82, 2.24) is 9.55 Å². The quantitative estimate of drug-likeness (QED) is 0.519. The van der Waals surface area contributed by atoms with Crippen molar-refractivity contribution < 1.29 is 4.39 Å². The normalized spacial score (nSPS) is 11.4. The van der Waals surface area contributed by atoms with Gasteiger partial charge in [0.05, 0.1) is 16.6 Å². The van der Waals surface area contributed by atoms with Gasteiger partial charge in [0, 0.05) is 11.3 Å². The van der Waals surface area contributed by atoms with Crippen LogP contribution in [0.4, 0.5) is 4.39 Å². The standard InChI is InChI=1S/C17H12ClFN2OS/c18-10-5-11-23-17-20-14-8-3-1-6-12(14)16(22)21(17)15-9-4-2-7-13(15)19/h1-10H,11H2/b10-5+. The number of hydrogen-bond donors (Lipinski definition) is 0. The second-order valence-corrected chi connectivity index (χ2v) is 5.92. The Bertz CT molecular complexity index is 939. The summed E-state index contributed by atoms with van der Waals surface area (Å²) in [6.07, 6.45) is 1.74. The molecule has 0 unspecified atom stereocenters. The molecule has 3 nitrogen and oxygen atoms in total. The third-order valence-electron chi connectivity index (χ3n) is 3.24. The highest BCUT2D eigenvalue weighted by Gasteiger charge is 2.15. The van der Waals surface area contributed by atoms with Crippen LogP contribution in [0.25, 0.3) is 16.6 Å². The summed E-state index contributed by atoms with van der Waals surface area (Å²) in [4.78, 5) is 17.3. The maximum atomic E-state index is 14.2. The summed E-state index contributed by atoms with van der Waals surface area (Å²) in [5.41, 5.74) is 1.88. The van der Waals surface area contributed by atoms with Crippen LogP contribution in [0.1, 0.15) is 0 Å². The summed E-state index contributed by atoms with van der Waals surface area (Å²) in [6.45, 7) is 0. The Labute approximate surface area is 141 Å². The number of nitrogens with zero attached hydrogens (tertiary/aromatic N) is 2. The second kappa shape index (κ2) is 6.98. The molecule has 0 N–H and O–H groups in total. The molecule has 3 rings (SSSR count). The summed E-state index contributed by atoms with van der Waals surface area (Å²) in [6, 6.07) is 13.2. The first-order valence-corrected chi connectivity index (χ1v) is 8.29. The molecule has 0 bridgehead atoms. The van der Waals surface area contributed by atoms with Crippen LogP contribution in [0.15, 0.2) is 70.1 Å². The van der Waals surface area contributed by atoms with Crippen LogP contribution >= 0.6 is 23.4 Å². The molecule has 3 aromatic rings. The molecule has 0 aliphatic rings. The van der Waals surface area contributed by atoms with Gasteiger partial charge in [-0.2, -0.15) is 0 Å². The van der Waals surface area contributed by atoms with E-state index >= 15 is 0 Å². The molecule has 0 amide bonds. The molecule has 0 saturated heterocycles. The van der Waals surface area contributed by atoms with Crippen molar-refractivity contribution in [2.75, 3.05) is 5.75 Å². The van der Waals surface area contributed by atoms with E-state index in [1.165, 1.54) is 27.9 Å². The Kier molecular flexibility index (Phi) is 4.79. The van der Waals surface area contributed by atoms with Gasteiger partial charge >= 0.3 is 0 Å². The molecule has 23 heavy (non-hydrogen) atoms. The highest BCUT2D eigenvalue weighted by molar-refractivity contribution is 7.99. The van der Waals surface area contributed by atoms with Gasteiger partial charge in [0.1, 0.15) is 5.82 Å². The number of para-hydroxylation sites is 2. The van der Waals surface area contributed by atoms with Crippen molar-refractivity contribution in [1.29, 1.82) is 0 Å². The largest absolute Gasteiger partial charge is 0.268 e. The molecule has 0 spiro atoms. The van der Waals surface area contributed by atoms with E-state index in [4.69, 9.17) is 11.6 Å². The number of aromatic nitrogens is 2. The molecular formula is C17H12ClFN2OS. The van der Waals surface area contributed by atoms with Gasteiger partial charge < -0.3 is 0 Å². The van der Waals surface area contributed by atoms with Gasteiger partial charge in [-0.15, -0.1) is 0 Å². The van der Waals surface area contributed by atoms with Crippen LogP contribution in [0.3, 0.4) is 0 Å². The SMILES string of the molecule is O=c1c2ccccc2nc(SC/C=C/Cl)n1-c1ccccc1F. The van der Waals surface area contributed by atoms with Crippen molar-refractivity contribution >= 4 is 34.3 Å². The molecule has 0 fully saturated rings. The van der Waals surface area contributed by atoms with Gasteiger partial charge in [-0.1, -0.05) is 53.7 Å². The van der Waals surface area contributed by atoms with E-state index in [2.05, 4.69) is 4.98 Å². The highest BCUT2D eigenvalue weighted by Crippen LogP contribution is 2.22. The van der Waals surface area contributed by atoms with E-state index in [-0.39, 0.29) is 11.2 Å². The van der Waals surface area contributed by atoms with E-state index in [0.29, 0.717) is 21.8 Å². The number of benzene rings is 2. The highest BCUT2D eigenvalue weighted by atomic mass is 35.5. The Morgan fingerprint density at radius 1 is 1.17 bits per heavy atom. The topological polar surface area (TPSA) is 34.9 Å². The minimum Gasteiger partial charge on any atom is -0.268 e. The van der Waals surface area contributed by atoms with Crippen LogP contribution in [0, 0.1) is 5.82 Å². The monoisotopic (exact) mass is 346 g/mol. The summed E-state index contributed by atoms with van der Waals surface area (Å²) >= 11 is 6.85. The zero-order valence-corrected chi connectivity index (χ0v) is 13.5. The van der Waals surface area contributed by atoms with Gasteiger partial charge in [0.15, 0.2) is 5.16 Å². The molecule has 0 aliphatic carbocycles. The smallest absolute Gasteiger partial charge is 0.266 e. The number of thioether (sulfide) groups is 1. The Balaban J connectivity index is 2.28. The number of fused-ring (bicyclic) bond motifs is 1. The third-order valence-corrected chi connectivity index (χ3v) is 4.31. The van der Waals surface area contributed by atoms with E-state index in [9.17, 15) is 9.18 Å². The van der Waals surface area contributed by atoms with Gasteiger partial charge in [0.2, 0.25) is 0 Å². The lowest BCUT2D eigenvalue weighted by Crippen LogP contribution is -2.22. The van der Waals surface area contributed by atoms with Crippen LogP contribution in [0.5, 0.6) is 0 Å². The minimum absolute atomic E-state index is 0.188. The molecule has 0 saturated carbocycles. The molecule has 0 radical (unpaired) electrons. The van der Waals surface area contributed by atoms with Gasteiger partial charge in [0.25, 0.3) is 5.56 Å². The molecule has 0 atom stereocenters. The maximum Gasteiger partial charge on any atom is 0.266 e. The summed E-state index contributed by atoms with van der Waals surface area (Å²) in [5, 5.41) is 0.876. The second-order valence-electron chi connectivity index (χ2n) is 4.68. The lowest BCUT2D eigenvalue weighted by atomic mass is 10.2. The maximum absolute atomic E-state index is 14.2. The Morgan fingerprint density at radius 2 is 1.91 bits per heavy atom. The first-order chi connectivity index (χ1) is 11.2. The lowest BCUT2D eigenvalue weighted by Gasteiger charge is -2.13. The molecule has 1 aromatic heterocycles. The minimum atomic E-state index is -0.471. The number of halogens is 2. The fraction of sp³-hybridized carbons (Fsp3) is 0.0588.